The van der Waals surface area contributed by atoms with Crippen LogP contribution in [0.25, 0.3) is 11.1 Å². The molecule has 186 valence electrons. The van der Waals surface area contributed by atoms with Gasteiger partial charge < -0.3 is 0 Å². The molecule has 2 aliphatic rings. The molecule has 0 heterocycles. The first-order chi connectivity index (χ1) is 16.4. The van der Waals surface area contributed by atoms with Crippen LogP contribution in [0.2, 0.25) is 0 Å². The van der Waals surface area contributed by atoms with E-state index in [4.69, 9.17) is 0 Å². The van der Waals surface area contributed by atoms with Crippen molar-refractivity contribution >= 4 is 13.2 Å². The molecule has 0 amide bonds. The summed E-state index contributed by atoms with van der Waals surface area (Å²) in [5.74, 6) is 1.69. The van der Waals surface area contributed by atoms with Gasteiger partial charge in [0.1, 0.15) is 0 Å². The molecule has 0 aromatic heterocycles. The molecule has 0 bridgehead atoms. The molecule has 0 saturated heterocycles. The molecule has 2 saturated carbocycles. The van der Waals surface area contributed by atoms with Crippen molar-refractivity contribution in [1.29, 1.82) is 0 Å². The molecule has 2 fully saturated rings. The second kappa shape index (κ2) is 11.7. The molecular weight excluding hydrogens is 427 g/mol. The molecule has 0 unspecified atom stereocenters. The van der Waals surface area contributed by atoms with Crippen LogP contribution in [0.5, 0.6) is 0 Å². The van der Waals surface area contributed by atoms with Gasteiger partial charge in [-0.15, -0.1) is 0 Å². The lowest BCUT2D eigenvalue weighted by Gasteiger charge is -2.41. The summed E-state index contributed by atoms with van der Waals surface area (Å²) in [5.41, 5.74) is 9.62. The van der Waals surface area contributed by atoms with Crippen LogP contribution >= 0.6 is 7.92 Å². The second-order valence-electron chi connectivity index (χ2n) is 12.0. The summed E-state index contributed by atoms with van der Waals surface area (Å²) in [6.45, 7) is 14.3. The zero-order chi connectivity index (χ0) is 24.2. The molecule has 4 rings (SSSR count). The highest BCUT2D eigenvalue weighted by Gasteiger charge is 2.35. The van der Waals surface area contributed by atoms with Gasteiger partial charge >= 0.3 is 0 Å². The third-order valence-corrected chi connectivity index (χ3v) is 12.1. The molecule has 34 heavy (non-hydrogen) atoms. The zero-order valence-corrected chi connectivity index (χ0v) is 23.8. The van der Waals surface area contributed by atoms with Crippen LogP contribution in [0.3, 0.4) is 0 Å². The van der Waals surface area contributed by atoms with Crippen molar-refractivity contribution < 1.29 is 0 Å². The van der Waals surface area contributed by atoms with E-state index in [1.54, 1.807) is 22.0 Å². The number of hydrogen-bond acceptors (Lipinski definition) is 0. The molecule has 0 atom stereocenters. The highest BCUT2D eigenvalue weighted by atomic mass is 31.1. The lowest BCUT2D eigenvalue weighted by atomic mass is 9.84. The van der Waals surface area contributed by atoms with Gasteiger partial charge in [-0.1, -0.05) is 124 Å². The maximum Gasteiger partial charge on any atom is -0.0108 e. The Morgan fingerprint density at radius 3 is 1.56 bits per heavy atom. The quantitative estimate of drug-likeness (QED) is 0.349. The lowest BCUT2D eigenvalue weighted by Crippen LogP contribution is -2.29. The normalized spacial score (nSPS) is 18.5. The van der Waals surface area contributed by atoms with E-state index in [0.717, 1.165) is 11.3 Å². The third kappa shape index (κ3) is 5.64. The van der Waals surface area contributed by atoms with Crippen LogP contribution in [0, 0.1) is 0 Å². The highest BCUT2D eigenvalue weighted by molar-refractivity contribution is 7.67. The van der Waals surface area contributed by atoms with E-state index in [-0.39, 0.29) is 7.92 Å². The Bertz CT molecular complexity index is 890. The first-order valence-electron chi connectivity index (χ1n) is 14.4. The van der Waals surface area contributed by atoms with Gasteiger partial charge in [0.25, 0.3) is 0 Å². The largest absolute Gasteiger partial charge is 0.0686 e. The van der Waals surface area contributed by atoms with Gasteiger partial charge in [0, 0.05) is 0 Å². The van der Waals surface area contributed by atoms with E-state index in [1.165, 1.54) is 75.3 Å². The average molecular weight is 477 g/mol. The zero-order valence-electron chi connectivity index (χ0n) is 22.9. The minimum absolute atomic E-state index is 0.100. The van der Waals surface area contributed by atoms with Crippen molar-refractivity contribution in [2.75, 3.05) is 0 Å². The predicted molar refractivity (Wildman–Crippen MR) is 154 cm³/mol. The Morgan fingerprint density at radius 2 is 1.12 bits per heavy atom. The van der Waals surface area contributed by atoms with Crippen LogP contribution in [-0.4, -0.2) is 11.3 Å². The fraction of sp³-hybridized carbons (Fsp3) is 0.636. The van der Waals surface area contributed by atoms with Crippen molar-refractivity contribution in [3.63, 3.8) is 0 Å². The summed E-state index contributed by atoms with van der Waals surface area (Å²) in [4.78, 5) is 0. The van der Waals surface area contributed by atoms with E-state index in [9.17, 15) is 0 Å². The summed E-state index contributed by atoms with van der Waals surface area (Å²) in [5, 5.41) is 1.79. The summed E-state index contributed by atoms with van der Waals surface area (Å²) in [7, 11) is -0.100. The van der Waals surface area contributed by atoms with Gasteiger partial charge in [0.2, 0.25) is 0 Å². The van der Waals surface area contributed by atoms with E-state index in [0.29, 0.717) is 17.8 Å². The molecule has 0 nitrogen and oxygen atoms in total. The van der Waals surface area contributed by atoms with Crippen molar-refractivity contribution in [2.45, 2.75) is 135 Å². The minimum Gasteiger partial charge on any atom is -0.0686 e. The van der Waals surface area contributed by atoms with Crippen LogP contribution < -0.4 is 5.30 Å². The molecule has 2 aromatic carbocycles. The Kier molecular flexibility index (Phi) is 8.96. The standard InChI is InChI=1S/C33H49P/c1-23(2)26-17-19-27(20-18-26)33-30(24(3)4)21-22-31(32(33)25(5)6)34(28-13-9-7-10-14-28)29-15-11-8-12-16-29/h17-25,28-29H,7-16H2,1-6H3. The van der Waals surface area contributed by atoms with Gasteiger partial charge in [0.05, 0.1) is 0 Å². The number of benzene rings is 2. The predicted octanol–water partition coefficient (Wildman–Crippen LogP) is 10.5. The van der Waals surface area contributed by atoms with Crippen molar-refractivity contribution in [1.82, 2.24) is 0 Å². The minimum atomic E-state index is -0.100. The number of rotatable bonds is 7. The van der Waals surface area contributed by atoms with Crippen LogP contribution in [0.4, 0.5) is 0 Å². The molecule has 0 spiro atoms. The Hall–Kier alpha value is -1.13. The SMILES string of the molecule is CC(C)c1ccc(-c2c(C(C)C)ccc(P(C3CCCCC3)C3CCCCC3)c2C(C)C)cc1. The molecule has 2 aromatic rings. The van der Waals surface area contributed by atoms with Crippen LogP contribution in [0.15, 0.2) is 36.4 Å². The summed E-state index contributed by atoms with van der Waals surface area (Å²) < 4.78 is 0. The highest BCUT2D eigenvalue weighted by Crippen LogP contribution is 2.57. The van der Waals surface area contributed by atoms with Crippen molar-refractivity contribution in [2.24, 2.45) is 0 Å². The van der Waals surface area contributed by atoms with E-state index < -0.39 is 0 Å². The molecule has 2 aliphatic carbocycles. The van der Waals surface area contributed by atoms with E-state index in [2.05, 4.69) is 77.9 Å². The second-order valence-corrected chi connectivity index (χ2v) is 14.8. The first-order valence-corrected chi connectivity index (χ1v) is 15.9. The maximum atomic E-state index is 2.63. The monoisotopic (exact) mass is 476 g/mol. The third-order valence-electron chi connectivity index (χ3n) is 8.53. The smallest absolute Gasteiger partial charge is 0.0108 e. The molecule has 1 heteroatoms. The molecule has 0 N–H and O–H groups in total. The van der Waals surface area contributed by atoms with Gasteiger partial charge in [-0.25, -0.2) is 0 Å². The molecular formula is C33H49P. The van der Waals surface area contributed by atoms with Gasteiger partial charge in [-0.3, -0.25) is 0 Å². The molecule has 0 radical (unpaired) electrons. The summed E-state index contributed by atoms with van der Waals surface area (Å²) >= 11 is 0. The fourth-order valence-electron chi connectivity index (χ4n) is 6.68. The first kappa shape index (κ1) is 25.9. The Morgan fingerprint density at radius 1 is 0.588 bits per heavy atom. The lowest BCUT2D eigenvalue weighted by molar-refractivity contribution is 0.487. The maximum absolute atomic E-state index is 2.63. The van der Waals surface area contributed by atoms with Crippen molar-refractivity contribution in [3.05, 3.63) is 53.1 Å². The fourth-order valence-corrected chi connectivity index (χ4v) is 10.8. The Labute approximate surface area is 212 Å². The Balaban J connectivity index is 1.89. The topological polar surface area (TPSA) is 0 Å². The van der Waals surface area contributed by atoms with Gasteiger partial charge in [0.15, 0.2) is 0 Å². The van der Waals surface area contributed by atoms with Crippen LogP contribution in [0.1, 0.15) is 140 Å². The summed E-state index contributed by atoms with van der Waals surface area (Å²) in [6.07, 6.45) is 14.7. The van der Waals surface area contributed by atoms with Gasteiger partial charge in [-0.05, 0) is 87.9 Å². The van der Waals surface area contributed by atoms with Gasteiger partial charge in [-0.2, -0.15) is 0 Å². The van der Waals surface area contributed by atoms with Crippen LogP contribution in [-0.2, 0) is 0 Å². The van der Waals surface area contributed by atoms with Crippen molar-refractivity contribution in [3.8, 4) is 11.1 Å². The van der Waals surface area contributed by atoms with E-state index in [1.807, 2.05) is 0 Å². The summed E-state index contributed by atoms with van der Waals surface area (Å²) in [6, 6.07) is 14.8. The van der Waals surface area contributed by atoms with E-state index >= 15 is 0 Å². The molecule has 0 aliphatic heterocycles. The average Bonchev–Trinajstić information content (AvgIpc) is 2.85. The number of hydrogen-bond donors (Lipinski definition) is 0.